The molecule has 0 atom stereocenters. The van der Waals surface area contributed by atoms with Gasteiger partial charge in [0.2, 0.25) is 5.91 Å². The third kappa shape index (κ3) is 5.56. The monoisotopic (exact) mass is 345 g/mol. The summed E-state index contributed by atoms with van der Waals surface area (Å²) in [4.78, 5) is 25.9. The molecule has 2 rings (SSSR count). The summed E-state index contributed by atoms with van der Waals surface area (Å²) < 4.78 is 0. The average molecular weight is 345 g/mol. The molecule has 3 N–H and O–H groups in total. The summed E-state index contributed by atoms with van der Waals surface area (Å²) in [5.41, 5.74) is 7.69. The maximum atomic E-state index is 12.3. The van der Waals surface area contributed by atoms with E-state index in [9.17, 15) is 9.59 Å². The fraction of sp³-hybridized carbons (Fsp3) is 0.600. The molecule has 138 valence electrons. The normalized spacial score (nSPS) is 16.3. The molecule has 25 heavy (non-hydrogen) atoms. The molecule has 0 bridgehead atoms. The predicted molar refractivity (Wildman–Crippen MR) is 100 cm³/mol. The van der Waals surface area contributed by atoms with E-state index in [1.165, 1.54) is 19.3 Å². The molecule has 0 heterocycles. The van der Waals surface area contributed by atoms with Crippen molar-refractivity contribution in [1.82, 2.24) is 10.2 Å². The van der Waals surface area contributed by atoms with Crippen molar-refractivity contribution in [2.75, 3.05) is 27.2 Å². The minimum absolute atomic E-state index is 0.000377. The van der Waals surface area contributed by atoms with Gasteiger partial charge in [-0.1, -0.05) is 31.4 Å². The van der Waals surface area contributed by atoms with Gasteiger partial charge in [0.1, 0.15) is 0 Å². The number of nitrogens with one attached hydrogen (secondary N) is 1. The first-order chi connectivity index (χ1) is 12.0. The van der Waals surface area contributed by atoms with E-state index in [4.69, 9.17) is 5.73 Å². The van der Waals surface area contributed by atoms with Gasteiger partial charge in [0.15, 0.2) is 0 Å². The van der Waals surface area contributed by atoms with E-state index in [0.29, 0.717) is 25.1 Å². The van der Waals surface area contributed by atoms with Crippen molar-refractivity contribution >= 4 is 11.8 Å². The number of amides is 2. The van der Waals surface area contributed by atoms with E-state index in [2.05, 4.69) is 5.32 Å². The lowest BCUT2D eigenvalue weighted by atomic mass is 9.71. The zero-order valence-electron chi connectivity index (χ0n) is 15.5. The van der Waals surface area contributed by atoms with Crippen LogP contribution in [0.25, 0.3) is 0 Å². The molecule has 0 saturated heterocycles. The summed E-state index contributed by atoms with van der Waals surface area (Å²) in [6.45, 7) is 1.17. The van der Waals surface area contributed by atoms with E-state index in [1.807, 2.05) is 24.3 Å². The molecule has 0 radical (unpaired) electrons. The Morgan fingerprint density at radius 3 is 2.56 bits per heavy atom. The molecule has 0 aromatic heterocycles. The highest BCUT2D eigenvalue weighted by atomic mass is 16.2. The van der Waals surface area contributed by atoms with Gasteiger partial charge in [-0.15, -0.1) is 0 Å². The Hall–Kier alpha value is -1.88. The van der Waals surface area contributed by atoms with Crippen LogP contribution in [0.15, 0.2) is 24.3 Å². The van der Waals surface area contributed by atoms with Gasteiger partial charge in [-0.3, -0.25) is 9.59 Å². The van der Waals surface area contributed by atoms with Crippen molar-refractivity contribution in [3.63, 3.8) is 0 Å². The van der Waals surface area contributed by atoms with E-state index in [1.54, 1.807) is 19.0 Å². The smallest absolute Gasteiger partial charge is 0.253 e. The van der Waals surface area contributed by atoms with Crippen LogP contribution in [-0.2, 0) is 11.2 Å². The first-order valence-corrected chi connectivity index (χ1v) is 9.23. The van der Waals surface area contributed by atoms with Crippen LogP contribution in [0.5, 0.6) is 0 Å². The van der Waals surface area contributed by atoms with Crippen LogP contribution in [0.1, 0.15) is 54.4 Å². The average Bonchev–Trinajstić information content (AvgIpc) is 2.62. The van der Waals surface area contributed by atoms with E-state index >= 15 is 0 Å². The SMILES string of the molecule is CN(C)C(=O)c1cccc(CCNC(=O)CC2(CN)CCCCC2)c1. The quantitative estimate of drug-likeness (QED) is 0.796. The molecule has 2 amide bonds. The molecule has 0 unspecified atom stereocenters. The minimum atomic E-state index is -0.00642. The van der Waals surface area contributed by atoms with Crippen molar-refractivity contribution in [3.05, 3.63) is 35.4 Å². The third-order valence-electron chi connectivity index (χ3n) is 5.20. The number of hydrogen-bond acceptors (Lipinski definition) is 3. The Labute approximate surface area is 151 Å². The molecule has 0 spiro atoms. The molecule has 1 aliphatic rings. The van der Waals surface area contributed by atoms with Gasteiger partial charge in [0, 0.05) is 32.6 Å². The fourth-order valence-electron chi connectivity index (χ4n) is 3.62. The Balaban J connectivity index is 1.83. The largest absolute Gasteiger partial charge is 0.356 e. The number of carbonyl (C=O) groups is 2. The second kappa shape index (κ2) is 8.99. The molecular weight excluding hydrogens is 314 g/mol. The first-order valence-electron chi connectivity index (χ1n) is 9.23. The third-order valence-corrected chi connectivity index (χ3v) is 5.20. The van der Waals surface area contributed by atoms with E-state index in [-0.39, 0.29) is 17.2 Å². The number of carbonyl (C=O) groups excluding carboxylic acids is 2. The van der Waals surface area contributed by atoms with Gasteiger partial charge in [0.05, 0.1) is 0 Å². The minimum Gasteiger partial charge on any atom is -0.356 e. The highest BCUT2D eigenvalue weighted by molar-refractivity contribution is 5.94. The van der Waals surface area contributed by atoms with Gasteiger partial charge < -0.3 is 16.0 Å². The zero-order chi connectivity index (χ0) is 18.3. The van der Waals surface area contributed by atoms with Crippen LogP contribution in [0.4, 0.5) is 0 Å². The molecular formula is C20H31N3O2. The van der Waals surface area contributed by atoms with Crippen molar-refractivity contribution in [3.8, 4) is 0 Å². The van der Waals surface area contributed by atoms with Crippen LogP contribution in [0, 0.1) is 5.41 Å². The van der Waals surface area contributed by atoms with Crippen LogP contribution >= 0.6 is 0 Å². The number of hydrogen-bond donors (Lipinski definition) is 2. The summed E-state index contributed by atoms with van der Waals surface area (Å²) in [5.74, 6) is 0.0842. The van der Waals surface area contributed by atoms with Crippen molar-refractivity contribution in [2.24, 2.45) is 11.1 Å². The number of rotatable bonds is 7. The molecule has 5 heteroatoms. The van der Waals surface area contributed by atoms with Gasteiger partial charge >= 0.3 is 0 Å². The van der Waals surface area contributed by atoms with Crippen molar-refractivity contribution < 1.29 is 9.59 Å². The molecule has 1 aromatic rings. The second-order valence-corrected chi connectivity index (χ2v) is 7.44. The number of nitrogens with two attached hydrogens (primary N) is 1. The van der Waals surface area contributed by atoms with Gasteiger partial charge in [-0.25, -0.2) is 0 Å². The highest BCUT2D eigenvalue weighted by Gasteiger charge is 2.32. The summed E-state index contributed by atoms with van der Waals surface area (Å²) in [7, 11) is 3.49. The Bertz CT molecular complexity index is 592. The lowest BCUT2D eigenvalue weighted by molar-refractivity contribution is -0.123. The van der Waals surface area contributed by atoms with Gasteiger partial charge in [-0.05, 0) is 48.9 Å². The Morgan fingerprint density at radius 2 is 1.92 bits per heavy atom. The van der Waals surface area contributed by atoms with Gasteiger partial charge in [-0.2, -0.15) is 0 Å². The summed E-state index contributed by atoms with van der Waals surface area (Å²) >= 11 is 0. The van der Waals surface area contributed by atoms with Crippen molar-refractivity contribution in [1.29, 1.82) is 0 Å². The van der Waals surface area contributed by atoms with E-state index in [0.717, 1.165) is 24.8 Å². The molecule has 5 nitrogen and oxygen atoms in total. The molecule has 1 saturated carbocycles. The lowest BCUT2D eigenvalue weighted by Crippen LogP contribution is -2.39. The van der Waals surface area contributed by atoms with Crippen LogP contribution in [-0.4, -0.2) is 43.9 Å². The van der Waals surface area contributed by atoms with E-state index < -0.39 is 0 Å². The maximum Gasteiger partial charge on any atom is 0.253 e. The van der Waals surface area contributed by atoms with Crippen LogP contribution in [0.3, 0.4) is 0 Å². The standard InChI is InChI=1S/C20H31N3O2/c1-23(2)19(25)17-8-6-7-16(13-17)9-12-22-18(24)14-20(15-21)10-4-3-5-11-20/h6-8,13H,3-5,9-12,14-15,21H2,1-2H3,(H,22,24). The maximum absolute atomic E-state index is 12.3. The topological polar surface area (TPSA) is 75.4 Å². The van der Waals surface area contributed by atoms with Crippen molar-refractivity contribution in [2.45, 2.75) is 44.9 Å². The lowest BCUT2D eigenvalue weighted by Gasteiger charge is -2.35. The summed E-state index contributed by atoms with van der Waals surface area (Å²) in [6, 6.07) is 7.59. The molecule has 1 aliphatic carbocycles. The van der Waals surface area contributed by atoms with Crippen LogP contribution < -0.4 is 11.1 Å². The summed E-state index contributed by atoms with van der Waals surface area (Å²) in [6.07, 6.45) is 6.98. The molecule has 1 aromatic carbocycles. The molecule has 0 aliphatic heterocycles. The summed E-state index contributed by atoms with van der Waals surface area (Å²) in [5, 5.41) is 3.02. The Kier molecular flexibility index (Phi) is 7.00. The highest BCUT2D eigenvalue weighted by Crippen LogP contribution is 2.38. The molecule has 1 fully saturated rings. The van der Waals surface area contributed by atoms with Crippen LogP contribution in [0.2, 0.25) is 0 Å². The zero-order valence-corrected chi connectivity index (χ0v) is 15.5. The number of nitrogens with zero attached hydrogens (tertiary/aromatic N) is 1. The number of benzene rings is 1. The first kappa shape index (κ1) is 19.4. The predicted octanol–water partition coefficient (Wildman–Crippen LogP) is 2.35. The second-order valence-electron chi connectivity index (χ2n) is 7.44. The Morgan fingerprint density at radius 1 is 1.20 bits per heavy atom. The van der Waals surface area contributed by atoms with Gasteiger partial charge in [0.25, 0.3) is 5.91 Å². The fourth-order valence-corrected chi connectivity index (χ4v) is 3.62.